The molecule has 0 aromatic carbocycles. The number of carbonyl (C=O) groups excluding carboxylic acids is 2. The van der Waals surface area contributed by atoms with Gasteiger partial charge in [0.2, 0.25) is 11.8 Å². The summed E-state index contributed by atoms with van der Waals surface area (Å²) in [5.41, 5.74) is 0.522. The zero-order chi connectivity index (χ0) is 16.5. The molecule has 2 amide bonds. The highest BCUT2D eigenvalue weighted by Crippen LogP contribution is 2.38. The normalized spacial score (nSPS) is 16.8. The Balaban J connectivity index is 1.30. The average Bonchev–Trinajstić information content (AvgIpc) is 3.48. The number of hydrogen-bond donors (Lipinski definition) is 2. The van der Waals surface area contributed by atoms with Crippen molar-refractivity contribution in [2.45, 2.75) is 50.5 Å². The first kappa shape index (κ1) is 15.3. The molecule has 2 fully saturated rings. The molecule has 0 spiro atoms. The predicted octanol–water partition coefficient (Wildman–Crippen LogP) is 2.47. The zero-order valence-electron chi connectivity index (χ0n) is 13.1. The maximum Gasteiger partial charge on any atom is 0.254 e. The van der Waals surface area contributed by atoms with Crippen LogP contribution < -0.4 is 10.6 Å². The Morgan fingerprint density at radius 2 is 2.12 bits per heavy atom. The Labute approximate surface area is 142 Å². The van der Waals surface area contributed by atoms with Gasteiger partial charge in [0, 0.05) is 24.8 Å². The quantitative estimate of drug-likeness (QED) is 0.803. The SMILES string of the molecule is O=C(CCc1nc(C2CC2)no1)Nc1sccc1C(=O)NC1CC1. The Hall–Kier alpha value is -2.22. The summed E-state index contributed by atoms with van der Waals surface area (Å²) in [6, 6.07) is 2.02. The molecule has 126 valence electrons. The maximum absolute atomic E-state index is 12.1. The fourth-order valence-corrected chi connectivity index (χ4v) is 3.16. The molecular formula is C16H18N4O3S. The Morgan fingerprint density at radius 1 is 1.29 bits per heavy atom. The first-order chi connectivity index (χ1) is 11.7. The summed E-state index contributed by atoms with van der Waals surface area (Å²) < 4.78 is 5.16. The van der Waals surface area contributed by atoms with E-state index in [0.29, 0.717) is 34.8 Å². The molecule has 2 heterocycles. The van der Waals surface area contributed by atoms with E-state index >= 15 is 0 Å². The summed E-state index contributed by atoms with van der Waals surface area (Å²) in [5.74, 6) is 1.40. The van der Waals surface area contributed by atoms with E-state index in [9.17, 15) is 9.59 Å². The second-order valence-corrected chi connectivity index (χ2v) is 7.20. The van der Waals surface area contributed by atoms with Crippen molar-refractivity contribution in [3.63, 3.8) is 0 Å². The van der Waals surface area contributed by atoms with Crippen molar-refractivity contribution < 1.29 is 14.1 Å². The average molecular weight is 346 g/mol. The molecule has 0 aliphatic heterocycles. The van der Waals surface area contributed by atoms with Crippen LogP contribution in [0, 0.1) is 0 Å². The van der Waals surface area contributed by atoms with Gasteiger partial charge in [0.05, 0.1) is 5.56 Å². The minimum Gasteiger partial charge on any atom is -0.349 e. The minimum absolute atomic E-state index is 0.125. The van der Waals surface area contributed by atoms with Crippen LogP contribution in [0.5, 0.6) is 0 Å². The van der Waals surface area contributed by atoms with E-state index in [-0.39, 0.29) is 18.2 Å². The summed E-state index contributed by atoms with van der Waals surface area (Å²) in [4.78, 5) is 28.5. The van der Waals surface area contributed by atoms with Gasteiger partial charge in [-0.2, -0.15) is 4.98 Å². The van der Waals surface area contributed by atoms with E-state index in [1.54, 1.807) is 11.4 Å². The lowest BCUT2D eigenvalue weighted by Gasteiger charge is -2.06. The highest BCUT2D eigenvalue weighted by Gasteiger charge is 2.29. The van der Waals surface area contributed by atoms with Crippen LogP contribution in [0.1, 0.15) is 60.1 Å². The monoisotopic (exact) mass is 346 g/mol. The number of nitrogens with zero attached hydrogens (tertiary/aromatic N) is 2. The standard InChI is InChI=1S/C16H18N4O3S/c21-12(5-6-13-19-14(20-23-13)9-1-2-9)18-16-11(7-8-24-16)15(22)17-10-3-4-10/h7-10H,1-6H2,(H,17,22)(H,18,21). The molecule has 2 aliphatic rings. The van der Waals surface area contributed by atoms with E-state index in [1.807, 2.05) is 0 Å². The van der Waals surface area contributed by atoms with Gasteiger partial charge in [-0.1, -0.05) is 5.16 Å². The van der Waals surface area contributed by atoms with Gasteiger partial charge in [-0.15, -0.1) is 11.3 Å². The Morgan fingerprint density at radius 3 is 2.88 bits per heavy atom. The third-order valence-corrected chi connectivity index (χ3v) is 4.90. The number of aryl methyl sites for hydroxylation is 1. The highest BCUT2D eigenvalue weighted by atomic mass is 32.1. The fourth-order valence-electron chi connectivity index (χ4n) is 2.36. The topological polar surface area (TPSA) is 97.1 Å². The smallest absolute Gasteiger partial charge is 0.254 e. The lowest BCUT2D eigenvalue weighted by molar-refractivity contribution is -0.116. The van der Waals surface area contributed by atoms with E-state index in [2.05, 4.69) is 20.8 Å². The first-order valence-corrected chi connectivity index (χ1v) is 9.07. The van der Waals surface area contributed by atoms with Gasteiger partial charge in [-0.3, -0.25) is 9.59 Å². The zero-order valence-corrected chi connectivity index (χ0v) is 13.9. The van der Waals surface area contributed by atoms with Crippen LogP contribution >= 0.6 is 11.3 Å². The summed E-state index contributed by atoms with van der Waals surface area (Å²) in [6.45, 7) is 0. The second-order valence-electron chi connectivity index (χ2n) is 6.28. The number of nitrogens with one attached hydrogen (secondary N) is 2. The van der Waals surface area contributed by atoms with E-state index < -0.39 is 0 Å². The number of thiophene rings is 1. The van der Waals surface area contributed by atoms with E-state index in [4.69, 9.17) is 4.52 Å². The number of aromatic nitrogens is 2. The van der Waals surface area contributed by atoms with Crippen LogP contribution in [0.15, 0.2) is 16.0 Å². The molecule has 2 aromatic heterocycles. The lowest BCUT2D eigenvalue weighted by atomic mass is 10.2. The first-order valence-electron chi connectivity index (χ1n) is 8.20. The Kier molecular flexibility index (Phi) is 4.05. The largest absolute Gasteiger partial charge is 0.349 e. The number of rotatable bonds is 7. The molecule has 4 rings (SSSR count). The number of hydrogen-bond acceptors (Lipinski definition) is 6. The van der Waals surface area contributed by atoms with Crippen molar-refractivity contribution in [3.05, 3.63) is 28.7 Å². The molecule has 8 heteroatoms. The minimum atomic E-state index is -0.163. The van der Waals surface area contributed by atoms with E-state index in [1.165, 1.54) is 11.3 Å². The number of anilines is 1. The lowest BCUT2D eigenvalue weighted by Crippen LogP contribution is -2.26. The number of carbonyl (C=O) groups is 2. The van der Waals surface area contributed by atoms with Crippen LogP contribution in [0.25, 0.3) is 0 Å². The fraction of sp³-hybridized carbons (Fsp3) is 0.500. The maximum atomic E-state index is 12.1. The Bertz CT molecular complexity index is 761. The van der Waals surface area contributed by atoms with Crippen LogP contribution in [-0.4, -0.2) is 28.0 Å². The molecule has 0 saturated heterocycles. The highest BCUT2D eigenvalue weighted by molar-refractivity contribution is 7.14. The molecular weight excluding hydrogens is 328 g/mol. The molecule has 0 bridgehead atoms. The molecule has 2 saturated carbocycles. The van der Waals surface area contributed by atoms with Gasteiger partial charge >= 0.3 is 0 Å². The predicted molar refractivity (Wildman–Crippen MR) is 88.0 cm³/mol. The molecule has 0 radical (unpaired) electrons. The summed E-state index contributed by atoms with van der Waals surface area (Å²) >= 11 is 1.35. The van der Waals surface area contributed by atoms with Gasteiger partial charge < -0.3 is 15.2 Å². The van der Waals surface area contributed by atoms with Crippen molar-refractivity contribution in [1.82, 2.24) is 15.5 Å². The van der Waals surface area contributed by atoms with Crippen molar-refractivity contribution >= 4 is 28.2 Å². The number of amides is 2. The van der Waals surface area contributed by atoms with Crippen molar-refractivity contribution in [2.75, 3.05) is 5.32 Å². The van der Waals surface area contributed by atoms with Crippen molar-refractivity contribution in [3.8, 4) is 0 Å². The molecule has 2 aliphatic carbocycles. The van der Waals surface area contributed by atoms with Crippen LogP contribution in [-0.2, 0) is 11.2 Å². The molecule has 2 N–H and O–H groups in total. The summed E-state index contributed by atoms with van der Waals surface area (Å²) in [7, 11) is 0. The molecule has 0 atom stereocenters. The second kappa shape index (κ2) is 6.35. The van der Waals surface area contributed by atoms with Crippen molar-refractivity contribution in [1.29, 1.82) is 0 Å². The summed E-state index contributed by atoms with van der Waals surface area (Å²) in [6.07, 6.45) is 4.94. The van der Waals surface area contributed by atoms with Gasteiger partial charge in [0.25, 0.3) is 5.91 Å². The van der Waals surface area contributed by atoms with Crippen molar-refractivity contribution in [2.24, 2.45) is 0 Å². The molecule has 24 heavy (non-hydrogen) atoms. The third kappa shape index (κ3) is 3.64. The molecule has 7 nitrogen and oxygen atoms in total. The van der Waals surface area contributed by atoms with Gasteiger partial charge in [0.15, 0.2) is 5.82 Å². The summed E-state index contributed by atoms with van der Waals surface area (Å²) in [5, 5.41) is 12.1. The van der Waals surface area contributed by atoms with E-state index in [0.717, 1.165) is 31.5 Å². The van der Waals surface area contributed by atoms with Gasteiger partial charge in [-0.25, -0.2) is 0 Å². The molecule has 0 unspecified atom stereocenters. The van der Waals surface area contributed by atoms with Crippen LogP contribution in [0.2, 0.25) is 0 Å². The third-order valence-electron chi connectivity index (χ3n) is 4.07. The van der Waals surface area contributed by atoms with Gasteiger partial charge in [-0.05, 0) is 37.1 Å². The van der Waals surface area contributed by atoms with Gasteiger partial charge in [0.1, 0.15) is 5.00 Å². The van der Waals surface area contributed by atoms with Crippen LogP contribution in [0.4, 0.5) is 5.00 Å². The van der Waals surface area contributed by atoms with Crippen LogP contribution in [0.3, 0.4) is 0 Å². The molecule has 2 aromatic rings.